The summed E-state index contributed by atoms with van der Waals surface area (Å²) in [6.07, 6.45) is 4.14. The standard InChI is InChI=1S/C16H17NO2/c1-13(11-14-7-9-17-10-8-14)16(18)19-12-15-5-3-2-4-6-15/h2-10,13H,11-12H2,1H3. The van der Waals surface area contributed by atoms with E-state index >= 15 is 0 Å². The first-order valence-corrected chi connectivity index (χ1v) is 6.35. The zero-order valence-electron chi connectivity index (χ0n) is 11.0. The molecule has 19 heavy (non-hydrogen) atoms. The van der Waals surface area contributed by atoms with Crippen LogP contribution in [0.3, 0.4) is 0 Å². The number of pyridine rings is 1. The van der Waals surface area contributed by atoms with Crippen LogP contribution in [0.2, 0.25) is 0 Å². The number of ether oxygens (including phenoxy) is 1. The lowest BCUT2D eigenvalue weighted by molar-refractivity contribution is -0.149. The average molecular weight is 255 g/mol. The topological polar surface area (TPSA) is 39.2 Å². The summed E-state index contributed by atoms with van der Waals surface area (Å²) in [5, 5.41) is 0. The molecule has 0 aliphatic rings. The lowest BCUT2D eigenvalue weighted by Crippen LogP contribution is -2.17. The minimum atomic E-state index is -0.166. The fraction of sp³-hybridized carbons (Fsp3) is 0.250. The number of benzene rings is 1. The molecule has 2 rings (SSSR count). The van der Waals surface area contributed by atoms with Gasteiger partial charge in [-0.2, -0.15) is 0 Å². The first-order valence-electron chi connectivity index (χ1n) is 6.35. The molecule has 0 spiro atoms. The Hall–Kier alpha value is -2.16. The molecule has 1 aromatic heterocycles. The smallest absolute Gasteiger partial charge is 0.309 e. The van der Waals surface area contributed by atoms with E-state index in [4.69, 9.17) is 4.74 Å². The molecule has 0 aliphatic heterocycles. The third-order valence-electron chi connectivity index (χ3n) is 2.92. The van der Waals surface area contributed by atoms with E-state index in [1.54, 1.807) is 12.4 Å². The molecule has 1 heterocycles. The van der Waals surface area contributed by atoms with Crippen LogP contribution in [-0.4, -0.2) is 11.0 Å². The highest BCUT2D eigenvalue weighted by Crippen LogP contribution is 2.10. The number of esters is 1. The van der Waals surface area contributed by atoms with Crippen molar-refractivity contribution in [2.75, 3.05) is 0 Å². The third-order valence-corrected chi connectivity index (χ3v) is 2.92. The summed E-state index contributed by atoms with van der Waals surface area (Å²) in [5.41, 5.74) is 2.10. The van der Waals surface area contributed by atoms with Crippen molar-refractivity contribution >= 4 is 5.97 Å². The van der Waals surface area contributed by atoms with Crippen molar-refractivity contribution < 1.29 is 9.53 Å². The summed E-state index contributed by atoms with van der Waals surface area (Å²) < 4.78 is 5.31. The summed E-state index contributed by atoms with van der Waals surface area (Å²) >= 11 is 0. The zero-order chi connectivity index (χ0) is 13.5. The summed E-state index contributed by atoms with van der Waals surface area (Å²) in [4.78, 5) is 15.8. The van der Waals surface area contributed by atoms with E-state index in [0.717, 1.165) is 11.1 Å². The Labute approximate surface area is 113 Å². The van der Waals surface area contributed by atoms with E-state index in [1.165, 1.54) is 0 Å². The largest absolute Gasteiger partial charge is 0.461 e. The number of carbonyl (C=O) groups excluding carboxylic acids is 1. The quantitative estimate of drug-likeness (QED) is 0.771. The molecule has 0 N–H and O–H groups in total. The van der Waals surface area contributed by atoms with Crippen molar-refractivity contribution in [1.29, 1.82) is 0 Å². The second kappa shape index (κ2) is 6.69. The highest BCUT2D eigenvalue weighted by Gasteiger charge is 2.15. The fourth-order valence-corrected chi connectivity index (χ4v) is 1.83. The molecule has 0 fully saturated rings. The Bertz CT molecular complexity index is 511. The molecule has 1 aromatic carbocycles. The van der Waals surface area contributed by atoms with Crippen molar-refractivity contribution in [3.05, 3.63) is 66.0 Å². The van der Waals surface area contributed by atoms with Gasteiger partial charge < -0.3 is 4.74 Å². The normalized spacial score (nSPS) is 11.8. The van der Waals surface area contributed by atoms with Crippen LogP contribution in [0.5, 0.6) is 0 Å². The average Bonchev–Trinajstić information content (AvgIpc) is 2.47. The number of rotatable bonds is 5. The Kier molecular flexibility index (Phi) is 4.67. The molecule has 98 valence electrons. The maximum Gasteiger partial charge on any atom is 0.309 e. The predicted molar refractivity (Wildman–Crippen MR) is 73.3 cm³/mol. The van der Waals surface area contributed by atoms with E-state index < -0.39 is 0 Å². The monoisotopic (exact) mass is 255 g/mol. The van der Waals surface area contributed by atoms with Crippen LogP contribution in [0.4, 0.5) is 0 Å². The summed E-state index contributed by atoms with van der Waals surface area (Å²) in [6.45, 7) is 2.22. The van der Waals surface area contributed by atoms with Gasteiger partial charge in [-0.05, 0) is 29.7 Å². The van der Waals surface area contributed by atoms with Crippen molar-refractivity contribution in [3.8, 4) is 0 Å². The minimum Gasteiger partial charge on any atom is -0.461 e. The molecular formula is C16H17NO2. The summed E-state index contributed by atoms with van der Waals surface area (Å²) in [5.74, 6) is -0.313. The number of aromatic nitrogens is 1. The van der Waals surface area contributed by atoms with Crippen LogP contribution >= 0.6 is 0 Å². The van der Waals surface area contributed by atoms with Crippen molar-refractivity contribution in [3.63, 3.8) is 0 Å². The number of hydrogen-bond acceptors (Lipinski definition) is 3. The SMILES string of the molecule is CC(Cc1ccncc1)C(=O)OCc1ccccc1. The second-order valence-corrected chi connectivity index (χ2v) is 4.55. The maximum atomic E-state index is 11.9. The number of carbonyl (C=O) groups is 1. The molecule has 1 atom stereocenters. The molecule has 0 radical (unpaired) electrons. The first-order chi connectivity index (χ1) is 9.25. The molecule has 0 aliphatic carbocycles. The Balaban J connectivity index is 1.83. The molecule has 0 bridgehead atoms. The second-order valence-electron chi connectivity index (χ2n) is 4.55. The van der Waals surface area contributed by atoms with Gasteiger partial charge in [-0.3, -0.25) is 9.78 Å². The Morgan fingerprint density at radius 2 is 1.79 bits per heavy atom. The molecule has 0 saturated carbocycles. The van der Waals surface area contributed by atoms with Gasteiger partial charge in [0.1, 0.15) is 6.61 Å². The molecule has 0 amide bonds. The van der Waals surface area contributed by atoms with Crippen molar-refractivity contribution in [2.45, 2.75) is 20.0 Å². The molecule has 1 unspecified atom stereocenters. The number of hydrogen-bond donors (Lipinski definition) is 0. The van der Waals surface area contributed by atoms with E-state index in [1.807, 2.05) is 49.4 Å². The Morgan fingerprint density at radius 3 is 2.47 bits per heavy atom. The molecule has 2 aromatic rings. The van der Waals surface area contributed by atoms with Crippen LogP contribution in [0.15, 0.2) is 54.9 Å². The third kappa shape index (κ3) is 4.21. The van der Waals surface area contributed by atoms with Gasteiger partial charge in [0.2, 0.25) is 0 Å². The Morgan fingerprint density at radius 1 is 1.11 bits per heavy atom. The van der Waals surface area contributed by atoms with Gasteiger partial charge in [0, 0.05) is 12.4 Å². The molecule has 0 saturated heterocycles. The van der Waals surface area contributed by atoms with Gasteiger partial charge in [0.15, 0.2) is 0 Å². The van der Waals surface area contributed by atoms with Crippen LogP contribution in [-0.2, 0) is 22.6 Å². The van der Waals surface area contributed by atoms with Crippen molar-refractivity contribution in [1.82, 2.24) is 4.98 Å². The van der Waals surface area contributed by atoms with Crippen molar-refractivity contribution in [2.24, 2.45) is 5.92 Å². The highest BCUT2D eigenvalue weighted by molar-refractivity contribution is 5.72. The number of nitrogens with zero attached hydrogens (tertiary/aromatic N) is 1. The minimum absolute atomic E-state index is 0.147. The van der Waals surface area contributed by atoms with E-state index in [-0.39, 0.29) is 11.9 Å². The molecule has 3 nitrogen and oxygen atoms in total. The highest BCUT2D eigenvalue weighted by atomic mass is 16.5. The fourth-order valence-electron chi connectivity index (χ4n) is 1.83. The zero-order valence-corrected chi connectivity index (χ0v) is 11.0. The van der Waals surface area contributed by atoms with E-state index in [2.05, 4.69) is 4.98 Å². The lowest BCUT2D eigenvalue weighted by Gasteiger charge is -2.11. The van der Waals surface area contributed by atoms with Gasteiger partial charge >= 0.3 is 5.97 Å². The van der Waals surface area contributed by atoms with Gasteiger partial charge in [-0.25, -0.2) is 0 Å². The van der Waals surface area contributed by atoms with Crippen LogP contribution in [0.1, 0.15) is 18.1 Å². The lowest BCUT2D eigenvalue weighted by atomic mass is 10.0. The van der Waals surface area contributed by atoms with Crippen LogP contribution in [0.25, 0.3) is 0 Å². The predicted octanol–water partition coefficient (Wildman–Crippen LogP) is 3.00. The van der Waals surface area contributed by atoms with Crippen LogP contribution in [0, 0.1) is 5.92 Å². The molecule has 3 heteroatoms. The van der Waals surface area contributed by atoms with Crippen LogP contribution < -0.4 is 0 Å². The van der Waals surface area contributed by atoms with Gasteiger partial charge in [0.25, 0.3) is 0 Å². The molecular weight excluding hydrogens is 238 g/mol. The van der Waals surface area contributed by atoms with E-state index in [9.17, 15) is 4.79 Å². The van der Waals surface area contributed by atoms with Gasteiger partial charge in [-0.15, -0.1) is 0 Å². The first kappa shape index (κ1) is 13.3. The maximum absolute atomic E-state index is 11.9. The summed E-state index contributed by atoms with van der Waals surface area (Å²) in [7, 11) is 0. The van der Waals surface area contributed by atoms with Gasteiger partial charge in [0.05, 0.1) is 5.92 Å². The van der Waals surface area contributed by atoms with Gasteiger partial charge in [-0.1, -0.05) is 37.3 Å². The summed E-state index contributed by atoms with van der Waals surface area (Å²) in [6, 6.07) is 13.5. The van der Waals surface area contributed by atoms with E-state index in [0.29, 0.717) is 13.0 Å².